The molecular formula is C32H39N2O6PS. The molecule has 3 aromatic carbocycles. The maximum absolute atomic E-state index is 13.9. The summed E-state index contributed by atoms with van der Waals surface area (Å²) >= 11 is 1.07. The fourth-order valence-electron chi connectivity index (χ4n) is 4.25. The average Bonchev–Trinajstić information content (AvgIpc) is 2.99. The van der Waals surface area contributed by atoms with Gasteiger partial charge in [0.15, 0.2) is 5.12 Å². The highest BCUT2D eigenvalue weighted by Crippen LogP contribution is 2.51. The third-order valence-corrected chi connectivity index (χ3v) is 10.2. The summed E-state index contributed by atoms with van der Waals surface area (Å²) in [4.78, 5) is 37.5. The molecule has 8 nitrogen and oxygen atoms in total. The van der Waals surface area contributed by atoms with Gasteiger partial charge in [-0.2, -0.15) is 0 Å². The zero-order valence-electron chi connectivity index (χ0n) is 24.2. The van der Waals surface area contributed by atoms with Gasteiger partial charge in [-0.25, -0.2) is 4.79 Å². The SMILES string of the molecule is CC(=O)SCCOP(=O)(C[C@@H](Cc1ccc(-c2ccccc2)cc1)C(=O)N[C@@H](C)C(=O)OCc1ccccc1)[C@H](C)N. The second kappa shape index (κ2) is 16.4. The van der Waals surface area contributed by atoms with Gasteiger partial charge in [-0.15, -0.1) is 0 Å². The Labute approximate surface area is 252 Å². The normalized spacial score (nSPS) is 14.7. The Bertz CT molecular complexity index is 1350. The minimum Gasteiger partial charge on any atom is -0.459 e. The summed E-state index contributed by atoms with van der Waals surface area (Å²) in [6.07, 6.45) is 0.141. The smallest absolute Gasteiger partial charge is 0.328 e. The molecule has 0 radical (unpaired) electrons. The molecule has 0 aliphatic heterocycles. The van der Waals surface area contributed by atoms with E-state index in [4.69, 9.17) is 15.0 Å². The van der Waals surface area contributed by atoms with Gasteiger partial charge in [0.1, 0.15) is 12.6 Å². The van der Waals surface area contributed by atoms with Crippen LogP contribution in [0.25, 0.3) is 11.1 Å². The molecule has 1 amide bonds. The first-order valence-electron chi connectivity index (χ1n) is 13.8. The Balaban J connectivity index is 1.75. The molecule has 0 fully saturated rings. The van der Waals surface area contributed by atoms with E-state index in [1.54, 1.807) is 13.8 Å². The van der Waals surface area contributed by atoms with Crippen LogP contribution in [-0.4, -0.2) is 47.3 Å². The van der Waals surface area contributed by atoms with E-state index in [0.29, 0.717) is 5.75 Å². The summed E-state index contributed by atoms with van der Waals surface area (Å²) in [5.74, 6) is -2.33. The fraction of sp³-hybridized carbons (Fsp3) is 0.344. The highest BCUT2D eigenvalue weighted by atomic mass is 32.2. The van der Waals surface area contributed by atoms with Crippen molar-refractivity contribution in [1.82, 2.24) is 5.32 Å². The highest BCUT2D eigenvalue weighted by molar-refractivity contribution is 8.13. The molecule has 3 rings (SSSR count). The van der Waals surface area contributed by atoms with Crippen LogP contribution in [0.15, 0.2) is 84.9 Å². The van der Waals surface area contributed by atoms with Crippen molar-refractivity contribution < 1.29 is 28.2 Å². The summed E-state index contributed by atoms with van der Waals surface area (Å²) < 4.78 is 25.0. The van der Waals surface area contributed by atoms with E-state index in [0.717, 1.165) is 34.0 Å². The molecular weight excluding hydrogens is 571 g/mol. The first-order valence-corrected chi connectivity index (χ1v) is 16.7. The zero-order valence-corrected chi connectivity index (χ0v) is 25.9. The summed E-state index contributed by atoms with van der Waals surface area (Å²) in [5, 5.41) is 2.67. The molecule has 0 aliphatic carbocycles. The zero-order chi connectivity index (χ0) is 30.5. The molecule has 224 valence electrons. The first kappa shape index (κ1) is 33.3. The van der Waals surface area contributed by atoms with Crippen LogP contribution in [0, 0.1) is 5.92 Å². The van der Waals surface area contributed by atoms with Crippen LogP contribution in [0.1, 0.15) is 31.9 Å². The van der Waals surface area contributed by atoms with Gasteiger partial charge in [0, 0.05) is 18.8 Å². The van der Waals surface area contributed by atoms with E-state index in [2.05, 4.69) is 5.32 Å². The molecule has 0 aliphatic rings. The van der Waals surface area contributed by atoms with Crippen molar-refractivity contribution in [2.75, 3.05) is 18.5 Å². The lowest BCUT2D eigenvalue weighted by Crippen LogP contribution is -2.44. The van der Waals surface area contributed by atoms with Gasteiger partial charge in [0.05, 0.1) is 18.3 Å². The molecule has 0 aromatic heterocycles. The molecule has 1 unspecified atom stereocenters. The van der Waals surface area contributed by atoms with Crippen LogP contribution in [0.5, 0.6) is 0 Å². The number of ether oxygens (including phenoxy) is 1. The number of thioether (sulfide) groups is 1. The average molecular weight is 611 g/mol. The number of benzene rings is 3. The lowest BCUT2D eigenvalue weighted by atomic mass is 9.97. The Kier molecular flexibility index (Phi) is 13.0. The third kappa shape index (κ3) is 10.6. The monoisotopic (exact) mass is 610 g/mol. The second-order valence-corrected chi connectivity index (χ2v) is 14.3. The summed E-state index contributed by atoms with van der Waals surface area (Å²) in [5.41, 5.74) is 9.91. The number of esters is 1. The van der Waals surface area contributed by atoms with Gasteiger partial charge < -0.3 is 20.3 Å². The summed E-state index contributed by atoms with van der Waals surface area (Å²) in [6.45, 7) is 4.74. The topological polar surface area (TPSA) is 125 Å². The minimum absolute atomic E-state index is 0.0609. The number of nitrogens with two attached hydrogens (primary N) is 1. The quantitative estimate of drug-likeness (QED) is 0.129. The van der Waals surface area contributed by atoms with Crippen LogP contribution in [0.3, 0.4) is 0 Å². The molecule has 42 heavy (non-hydrogen) atoms. The number of hydrogen-bond donors (Lipinski definition) is 2. The number of nitrogens with one attached hydrogen (secondary N) is 1. The van der Waals surface area contributed by atoms with Crippen molar-refractivity contribution in [3.63, 3.8) is 0 Å². The lowest BCUT2D eigenvalue weighted by Gasteiger charge is -2.27. The van der Waals surface area contributed by atoms with Gasteiger partial charge in [0.2, 0.25) is 13.3 Å². The van der Waals surface area contributed by atoms with Crippen molar-refractivity contribution >= 4 is 36.1 Å². The van der Waals surface area contributed by atoms with Crippen molar-refractivity contribution in [3.8, 4) is 11.1 Å². The van der Waals surface area contributed by atoms with E-state index in [1.165, 1.54) is 6.92 Å². The molecule has 0 heterocycles. The molecule has 3 aromatic rings. The first-order chi connectivity index (χ1) is 20.1. The van der Waals surface area contributed by atoms with Crippen LogP contribution in [0.4, 0.5) is 0 Å². The Morgan fingerprint density at radius 3 is 2.07 bits per heavy atom. The van der Waals surface area contributed by atoms with Crippen LogP contribution < -0.4 is 11.1 Å². The number of rotatable bonds is 15. The molecule has 0 spiro atoms. The Morgan fingerprint density at radius 1 is 0.881 bits per heavy atom. The number of carbonyl (C=O) groups is 3. The molecule has 4 atom stereocenters. The molecule has 0 bridgehead atoms. The van der Waals surface area contributed by atoms with Gasteiger partial charge >= 0.3 is 5.97 Å². The van der Waals surface area contributed by atoms with Gasteiger partial charge in [-0.05, 0) is 42.5 Å². The second-order valence-electron chi connectivity index (χ2n) is 10.1. The predicted octanol–water partition coefficient (Wildman–Crippen LogP) is 5.64. The summed E-state index contributed by atoms with van der Waals surface area (Å²) in [7, 11) is -3.50. The molecule has 0 saturated heterocycles. The van der Waals surface area contributed by atoms with Crippen molar-refractivity contribution in [1.29, 1.82) is 0 Å². The number of carbonyl (C=O) groups excluding carboxylic acids is 3. The van der Waals surface area contributed by atoms with Crippen molar-refractivity contribution in [2.24, 2.45) is 11.7 Å². The van der Waals surface area contributed by atoms with E-state index >= 15 is 0 Å². The largest absolute Gasteiger partial charge is 0.459 e. The standard InChI is InChI=1S/C32H39N2O6PS/c1-23(32(37)39-21-27-10-6-4-7-11-27)34-31(36)30(22-41(38,24(2)33)40-18-19-42-25(3)35)20-26-14-16-29(17-15-26)28-12-8-5-9-13-28/h4-17,23-24,30H,18-22,33H2,1-3H3,(H,34,36)/t23-,24+,30+,41?/m0/s1. The lowest BCUT2D eigenvalue weighted by molar-refractivity contribution is -0.148. The predicted molar refractivity (Wildman–Crippen MR) is 168 cm³/mol. The van der Waals surface area contributed by atoms with E-state index < -0.39 is 37.0 Å². The van der Waals surface area contributed by atoms with Crippen LogP contribution in [-0.2, 0) is 41.2 Å². The van der Waals surface area contributed by atoms with Gasteiger partial charge in [0.25, 0.3) is 0 Å². The van der Waals surface area contributed by atoms with Gasteiger partial charge in [-0.1, -0.05) is 96.7 Å². The highest BCUT2D eigenvalue weighted by Gasteiger charge is 2.36. The minimum atomic E-state index is -3.50. The Morgan fingerprint density at radius 2 is 1.48 bits per heavy atom. The number of hydrogen-bond acceptors (Lipinski definition) is 8. The molecule has 0 saturated carbocycles. The maximum atomic E-state index is 13.9. The van der Waals surface area contributed by atoms with E-state index in [9.17, 15) is 18.9 Å². The molecule has 3 N–H and O–H groups in total. The van der Waals surface area contributed by atoms with Crippen molar-refractivity contribution in [2.45, 2.75) is 45.6 Å². The van der Waals surface area contributed by atoms with E-state index in [-0.39, 0.29) is 30.9 Å². The van der Waals surface area contributed by atoms with Crippen LogP contribution >= 0.6 is 19.1 Å². The van der Waals surface area contributed by atoms with Gasteiger partial charge in [-0.3, -0.25) is 14.2 Å². The molecule has 10 heteroatoms. The summed E-state index contributed by atoms with van der Waals surface area (Å²) in [6, 6.07) is 26.1. The van der Waals surface area contributed by atoms with Crippen molar-refractivity contribution in [3.05, 3.63) is 96.1 Å². The third-order valence-electron chi connectivity index (χ3n) is 6.64. The number of amides is 1. The van der Waals surface area contributed by atoms with E-state index in [1.807, 2.05) is 84.9 Å². The maximum Gasteiger partial charge on any atom is 0.328 e. The van der Waals surface area contributed by atoms with Crippen LogP contribution in [0.2, 0.25) is 0 Å². The Hall–Kier alpha value is -3.23. The fourth-order valence-corrected chi connectivity index (χ4v) is 6.81.